The standard InChI is InChI=1S/C17H35N3O4/c1-3-18-17(19-8-4-5-10-22-14-13-21-2)20-9-6-11-24-16-7-12-23-15-16/h16H,3-15H2,1-2H3,(H2,18,19,20). The van der Waals surface area contributed by atoms with Crippen LogP contribution in [-0.4, -0.2) is 78.4 Å². The highest BCUT2D eigenvalue weighted by molar-refractivity contribution is 5.79. The molecule has 7 nitrogen and oxygen atoms in total. The SMILES string of the molecule is CCNC(=NCCCOC1CCOC1)NCCCCOCCOC. The molecule has 1 aliphatic rings. The summed E-state index contributed by atoms with van der Waals surface area (Å²) in [4.78, 5) is 4.57. The van der Waals surface area contributed by atoms with Gasteiger partial charge in [0.05, 0.1) is 25.9 Å². The van der Waals surface area contributed by atoms with Gasteiger partial charge in [-0.15, -0.1) is 0 Å². The van der Waals surface area contributed by atoms with Crippen molar-refractivity contribution in [1.29, 1.82) is 0 Å². The largest absolute Gasteiger partial charge is 0.382 e. The Labute approximate surface area is 146 Å². The molecule has 1 rings (SSSR count). The van der Waals surface area contributed by atoms with E-state index in [-0.39, 0.29) is 6.10 Å². The summed E-state index contributed by atoms with van der Waals surface area (Å²) in [6.07, 6.45) is 4.32. The smallest absolute Gasteiger partial charge is 0.191 e. The van der Waals surface area contributed by atoms with Crippen LogP contribution in [0.2, 0.25) is 0 Å². The Kier molecular flexibility index (Phi) is 13.8. The molecule has 142 valence electrons. The molecule has 1 fully saturated rings. The van der Waals surface area contributed by atoms with E-state index in [4.69, 9.17) is 18.9 Å². The third kappa shape index (κ3) is 11.6. The van der Waals surface area contributed by atoms with Crippen molar-refractivity contribution in [3.8, 4) is 0 Å². The zero-order chi connectivity index (χ0) is 17.3. The van der Waals surface area contributed by atoms with Gasteiger partial charge < -0.3 is 29.6 Å². The van der Waals surface area contributed by atoms with E-state index in [2.05, 4.69) is 22.5 Å². The molecule has 0 aromatic heterocycles. The third-order valence-corrected chi connectivity index (χ3v) is 3.60. The van der Waals surface area contributed by atoms with Crippen molar-refractivity contribution in [2.24, 2.45) is 4.99 Å². The Morgan fingerprint density at radius 2 is 2.04 bits per heavy atom. The summed E-state index contributed by atoms with van der Waals surface area (Å²) < 4.78 is 21.4. The van der Waals surface area contributed by atoms with Crippen molar-refractivity contribution in [1.82, 2.24) is 10.6 Å². The van der Waals surface area contributed by atoms with E-state index < -0.39 is 0 Å². The molecule has 1 heterocycles. The molecule has 0 amide bonds. The maximum atomic E-state index is 5.74. The number of methoxy groups -OCH3 is 1. The van der Waals surface area contributed by atoms with Crippen molar-refractivity contribution in [3.05, 3.63) is 0 Å². The van der Waals surface area contributed by atoms with Crippen molar-refractivity contribution in [3.63, 3.8) is 0 Å². The number of unbranched alkanes of at least 4 members (excludes halogenated alkanes) is 1. The molecule has 0 radical (unpaired) electrons. The number of aliphatic imine (C=N–C) groups is 1. The van der Waals surface area contributed by atoms with Gasteiger partial charge in [-0.05, 0) is 32.6 Å². The zero-order valence-corrected chi connectivity index (χ0v) is 15.3. The molecule has 7 heteroatoms. The Hall–Kier alpha value is -0.890. The summed E-state index contributed by atoms with van der Waals surface area (Å²) in [5, 5.41) is 6.62. The molecule has 1 atom stereocenters. The fourth-order valence-electron chi connectivity index (χ4n) is 2.27. The number of nitrogens with one attached hydrogen (secondary N) is 2. The van der Waals surface area contributed by atoms with Gasteiger partial charge >= 0.3 is 0 Å². The van der Waals surface area contributed by atoms with Crippen LogP contribution in [0.15, 0.2) is 4.99 Å². The molecule has 0 aromatic rings. The fraction of sp³-hybridized carbons (Fsp3) is 0.941. The third-order valence-electron chi connectivity index (χ3n) is 3.60. The number of rotatable bonds is 14. The Bertz CT molecular complexity index is 310. The van der Waals surface area contributed by atoms with Gasteiger partial charge in [-0.1, -0.05) is 0 Å². The van der Waals surface area contributed by atoms with E-state index >= 15 is 0 Å². The Morgan fingerprint density at radius 1 is 1.12 bits per heavy atom. The molecule has 24 heavy (non-hydrogen) atoms. The first-order valence-corrected chi connectivity index (χ1v) is 9.15. The molecule has 0 bridgehead atoms. The quantitative estimate of drug-likeness (QED) is 0.280. The van der Waals surface area contributed by atoms with E-state index in [1.807, 2.05) is 0 Å². The lowest BCUT2D eigenvalue weighted by molar-refractivity contribution is 0.0424. The van der Waals surface area contributed by atoms with Crippen LogP contribution in [0.1, 0.15) is 32.6 Å². The molecule has 1 unspecified atom stereocenters. The summed E-state index contributed by atoms with van der Waals surface area (Å²) in [5.74, 6) is 0.877. The van der Waals surface area contributed by atoms with E-state index in [9.17, 15) is 0 Å². The highest BCUT2D eigenvalue weighted by Crippen LogP contribution is 2.08. The topological polar surface area (TPSA) is 73.3 Å². The minimum atomic E-state index is 0.284. The average molecular weight is 345 g/mol. The first kappa shape index (κ1) is 21.2. The molecular formula is C17H35N3O4. The molecular weight excluding hydrogens is 310 g/mol. The highest BCUT2D eigenvalue weighted by atomic mass is 16.5. The van der Waals surface area contributed by atoms with Gasteiger partial charge in [0.15, 0.2) is 5.96 Å². The van der Waals surface area contributed by atoms with Gasteiger partial charge in [0.2, 0.25) is 0 Å². The van der Waals surface area contributed by atoms with Crippen molar-refractivity contribution < 1.29 is 18.9 Å². The first-order chi connectivity index (χ1) is 11.9. The molecule has 0 spiro atoms. The molecule has 1 saturated heterocycles. The lowest BCUT2D eigenvalue weighted by atomic mass is 10.3. The number of hydrogen-bond donors (Lipinski definition) is 2. The number of guanidine groups is 1. The van der Waals surface area contributed by atoms with Gasteiger partial charge in [-0.25, -0.2) is 0 Å². The summed E-state index contributed by atoms with van der Waals surface area (Å²) in [6, 6.07) is 0. The van der Waals surface area contributed by atoms with E-state index in [0.717, 1.165) is 77.7 Å². The van der Waals surface area contributed by atoms with Crippen molar-refractivity contribution in [2.75, 3.05) is 66.4 Å². The highest BCUT2D eigenvalue weighted by Gasteiger charge is 2.15. The fourth-order valence-corrected chi connectivity index (χ4v) is 2.27. The molecule has 0 aliphatic carbocycles. The van der Waals surface area contributed by atoms with E-state index in [0.29, 0.717) is 13.2 Å². The second kappa shape index (κ2) is 15.6. The predicted octanol–water partition coefficient (Wildman–Crippen LogP) is 1.18. The minimum absolute atomic E-state index is 0.284. The Morgan fingerprint density at radius 3 is 2.79 bits per heavy atom. The number of hydrogen-bond acceptors (Lipinski definition) is 5. The second-order valence-electron chi connectivity index (χ2n) is 5.71. The predicted molar refractivity (Wildman–Crippen MR) is 95.7 cm³/mol. The zero-order valence-electron chi connectivity index (χ0n) is 15.3. The second-order valence-corrected chi connectivity index (χ2v) is 5.71. The van der Waals surface area contributed by atoms with Gasteiger partial charge in [0.1, 0.15) is 0 Å². The van der Waals surface area contributed by atoms with E-state index in [1.54, 1.807) is 7.11 Å². The lowest BCUT2D eigenvalue weighted by Crippen LogP contribution is -2.38. The Balaban J connectivity index is 2.00. The van der Waals surface area contributed by atoms with Gasteiger partial charge in [-0.3, -0.25) is 4.99 Å². The summed E-state index contributed by atoms with van der Waals surface area (Å²) in [5.41, 5.74) is 0. The lowest BCUT2D eigenvalue weighted by Gasteiger charge is -2.12. The maximum Gasteiger partial charge on any atom is 0.191 e. The van der Waals surface area contributed by atoms with Crippen LogP contribution >= 0.6 is 0 Å². The van der Waals surface area contributed by atoms with Crippen LogP contribution in [0.4, 0.5) is 0 Å². The first-order valence-electron chi connectivity index (χ1n) is 9.15. The molecule has 1 aliphatic heterocycles. The van der Waals surface area contributed by atoms with Crippen LogP contribution in [0.3, 0.4) is 0 Å². The molecule has 2 N–H and O–H groups in total. The van der Waals surface area contributed by atoms with Crippen LogP contribution < -0.4 is 10.6 Å². The summed E-state index contributed by atoms with van der Waals surface area (Å²) >= 11 is 0. The van der Waals surface area contributed by atoms with Crippen molar-refractivity contribution >= 4 is 5.96 Å². The summed E-state index contributed by atoms with van der Waals surface area (Å²) in [6.45, 7) is 9.02. The van der Waals surface area contributed by atoms with Crippen LogP contribution in [0.25, 0.3) is 0 Å². The van der Waals surface area contributed by atoms with Crippen LogP contribution in [0.5, 0.6) is 0 Å². The van der Waals surface area contributed by atoms with Crippen molar-refractivity contribution in [2.45, 2.75) is 38.7 Å². The normalized spacial score (nSPS) is 18.1. The van der Waals surface area contributed by atoms with Crippen LogP contribution in [-0.2, 0) is 18.9 Å². The molecule has 0 saturated carbocycles. The maximum absolute atomic E-state index is 5.74. The van der Waals surface area contributed by atoms with E-state index in [1.165, 1.54) is 0 Å². The number of nitrogens with zero attached hydrogens (tertiary/aromatic N) is 1. The minimum Gasteiger partial charge on any atom is -0.382 e. The van der Waals surface area contributed by atoms with Crippen LogP contribution in [0, 0.1) is 0 Å². The van der Waals surface area contributed by atoms with Gasteiger partial charge in [0, 0.05) is 46.6 Å². The number of ether oxygens (including phenoxy) is 4. The monoisotopic (exact) mass is 345 g/mol. The van der Waals surface area contributed by atoms with Gasteiger partial charge in [0.25, 0.3) is 0 Å². The average Bonchev–Trinajstić information content (AvgIpc) is 3.10. The summed E-state index contributed by atoms with van der Waals surface area (Å²) in [7, 11) is 1.68. The van der Waals surface area contributed by atoms with Gasteiger partial charge in [-0.2, -0.15) is 0 Å². The molecule has 0 aromatic carbocycles.